The second kappa shape index (κ2) is 5.05. The van der Waals surface area contributed by atoms with Crippen molar-refractivity contribution in [3.8, 4) is 0 Å². The normalized spacial score (nSPS) is 12.9. The number of anilines is 1. The molecule has 1 atom stereocenters. The topological polar surface area (TPSA) is 24.9 Å². The largest absolute Gasteiger partial charge is 0.365 e. The first-order valence-electron chi connectivity index (χ1n) is 5.12. The maximum absolute atomic E-state index is 13.2. The fourth-order valence-corrected chi connectivity index (χ4v) is 1.44. The zero-order valence-corrected chi connectivity index (χ0v) is 9.22. The average Bonchev–Trinajstić information content (AvgIpc) is 2.16. The molecule has 0 aromatic carbocycles. The Balaban J connectivity index is 2.79. The van der Waals surface area contributed by atoms with Gasteiger partial charge in [-0.2, -0.15) is 0 Å². The standard InChI is InChI=1S/C11H16F2N2/c1-4-10(7(2)3)15-11-9(13)5-8(12)6-14-11/h5-7,10H,4H2,1-3H3,(H,14,15). The number of nitrogens with one attached hydrogen (secondary N) is 1. The molecule has 1 N–H and O–H groups in total. The van der Waals surface area contributed by atoms with Crippen LogP contribution in [0.1, 0.15) is 27.2 Å². The molecule has 0 amide bonds. The van der Waals surface area contributed by atoms with E-state index < -0.39 is 11.6 Å². The molecular formula is C11H16F2N2. The van der Waals surface area contributed by atoms with Crippen molar-refractivity contribution in [2.24, 2.45) is 5.92 Å². The van der Waals surface area contributed by atoms with Crippen LogP contribution in [0.5, 0.6) is 0 Å². The molecule has 0 spiro atoms. The minimum Gasteiger partial charge on any atom is -0.365 e. The Bertz CT molecular complexity index is 326. The van der Waals surface area contributed by atoms with Crippen LogP contribution >= 0.6 is 0 Å². The number of pyridine rings is 1. The molecule has 1 aromatic rings. The molecule has 0 aliphatic rings. The Morgan fingerprint density at radius 2 is 2.07 bits per heavy atom. The number of hydrogen-bond donors (Lipinski definition) is 1. The summed E-state index contributed by atoms with van der Waals surface area (Å²) in [5.41, 5.74) is 0. The molecule has 1 unspecified atom stereocenters. The quantitative estimate of drug-likeness (QED) is 0.832. The summed E-state index contributed by atoms with van der Waals surface area (Å²) in [5.74, 6) is -0.803. The zero-order valence-electron chi connectivity index (χ0n) is 9.22. The van der Waals surface area contributed by atoms with Crippen LogP contribution < -0.4 is 5.32 Å². The van der Waals surface area contributed by atoms with Crippen LogP contribution in [-0.2, 0) is 0 Å². The predicted molar refractivity (Wildman–Crippen MR) is 56.7 cm³/mol. The molecule has 0 aliphatic carbocycles. The van der Waals surface area contributed by atoms with E-state index in [-0.39, 0.29) is 11.9 Å². The van der Waals surface area contributed by atoms with Gasteiger partial charge in [-0.1, -0.05) is 20.8 Å². The van der Waals surface area contributed by atoms with E-state index >= 15 is 0 Å². The minimum absolute atomic E-state index is 0.122. The molecule has 15 heavy (non-hydrogen) atoms. The Morgan fingerprint density at radius 3 is 2.53 bits per heavy atom. The van der Waals surface area contributed by atoms with Gasteiger partial charge < -0.3 is 5.32 Å². The molecular weight excluding hydrogens is 198 g/mol. The highest BCUT2D eigenvalue weighted by molar-refractivity contribution is 5.37. The summed E-state index contributed by atoms with van der Waals surface area (Å²) in [6.07, 6.45) is 1.88. The fraction of sp³-hybridized carbons (Fsp3) is 0.545. The average molecular weight is 214 g/mol. The van der Waals surface area contributed by atoms with Gasteiger partial charge in [0.05, 0.1) is 6.20 Å². The summed E-state index contributed by atoms with van der Waals surface area (Å²) >= 11 is 0. The summed E-state index contributed by atoms with van der Waals surface area (Å²) in [5, 5.41) is 2.97. The van der Waals surface area contributed by atoms with Gasteiger partial charge >= 0.3 is 0 Å². The highest BCUT2D eigenvalue weighted by atomic mass is 19.1. The lowest BCUT2D eigenvalue weighted by Crippen LogP contribution is -2.25. The van der Waals surface area contributed by atoms with E-state index in [0.717, 1.165) is 18.7 Å². The number of rotatable bonds is 4. The van der Waals surface area contributed by atoms with Gasteiger partial charge in [0, 0.05) is 12.1 Å². The molecule has 0 fully saturated rings. The van der Waals surface area contributed by atoms with E-state index in [1.54, 1.807) is 0 Å². The maximum atomic E-state index is 13.2. The van der Waals surface area contributed by atoms with Gasteiger partial charge in [-0.15, -0.1) is 0 Å². The first kappa shape index (κ1) is 11.9. The van der Waals surface area contributed by atoms with Crippen molar-refractivity contribution in [1.29, 1.82) is 0 Å². The van der Waals surface area contributed by atoms with Gasteiger partial charge in [-0.3, -0.25) is 0 Å². The van der Waals surface area contributed by atoms with Gasteiger partial charge in [0.15, 0.2) is 11.6 Å². The van der Waals surface area contributed by atoms with E-state index in [2.05, 4.69) is 10.3 Å². The number of nitrogens with zero attached hydrogens (tertiary/aromatic N) is 1. The van der Waals surface area contributed by atoms with Crippen LogP contribution in [0, 0.1) is 17.6 Å². The monoisotopic (exact) mass is 214 g/mol. The summed E-state index contributed by atoms with van der Waals surface area (Å²) in [6.45, 7) is 6.10. The molecule has 4 heteroatoms. The zero-order chi connectivity index (χ0) is 11.4. The van der Waals surface area contributed by atoms with Crippen molar-refractivity contribution >= 4 is 5.82 Å². The molecule has 1 heterocycles. The number of halogens is 2. The summed E-state index contributed by atoms with van der Waals surface area (Å²) in [7, 11) is 0. The van der Waals surface area contributed by atoms with Crippen LogP contribution in [0.3, 0.4) is 0 Å². The van der Waals surface area contributed by atoms with E-state index in [9.17, 15) is 8.78 Å². The molecule has 0 saturated carbocycles. The predicted octanol–water partition coefficient (Wildman–Crippen LogP) is 3.21. The second-order valence-corrected chi connectivity index (χ2v) is 3.89. The Hall–Kier alpha value is -1.19. The van der Waals surface area contributed by atoms with E-state index in [1.807, 2.05) is 20.8 Å². The van der Waals surface area contributed by atoms with Gasteiger partial charge in [0.2, 0.25) is 0 Å². The van der Waals surface area contributed by atoms with Crippen molar-refractivity contribution < 1.29 is 8.78 Å². The van der Waals surface area contributed by atoms with Crippen LogP contribution in [0.25, 0.3) is 0 Å². The van der Waals surface area contributed by atoms with Crippen molar-refractivity contribution in [3.63, 3.8) is 0 Å². The summed E-state index contributed by atoms with van der Waals surface area (Å²) in [6, 6.07) is 0.986. The summed E-state index contributed by atoms with van der Waals surface area (Å²) < 4.78 is 25.8. The van der Waals surface area contributed by atoms with Crippen molar-refractivity contribution in [2.75, 3.05) is 5.32 Å². The van der Waals surface area contributed by atoms with Gasteiger partial charge in [0.25, 0.3) is 0 Å². The Morgan fingerprint density at radius 1 is 1.40 bits per heavy atom. The van der Waals surface area contributed by atoms with Crippen molar-refractivity contribution in [3.05, 3.63) is 23.9 Å². The third-order valence-electron chi connectivity index (χ3n) is 2.37. The number of hydrogen-bond acceptors (Lipinski definition) is 2. The first-order valence-corrected chi connectivity index (χ1v) is 5.12. The molecule has 84 valence electrons. The van der Waals surface area contributed by atoms with Gasteiger partial charge in [0.1, 0.15) is 5.82 Å². The molecule has 2 nitrogen and oxygen atoms in total. The van der Waals surface area contributed by atoms with Gasteiger partial charge in [-0.05, 0) is 12.3 Å². The lowest BCUT2D eigenvalue weighted by molar-refractivity contribution is 0.502. The minimum atomic E-state index is -0.657. The smallest absolute Gasteiger partial charge is 0.168 e. The van der Waals surface area contributed by atoms with Gasteiger partial charge in [-0.25, -0.2) is 13.8 Å². The maximum Gasteiger partial charge on any atom is 0.168 e. The van der Waals surface area contributed by atoms with E-state index in [0.29, 0.717) is 5.92 Å². The highest BCUT2D eigenvalue weighted by Gasteiger charge is 2.13. The van der Waals surface area contributed by atoms with Crippen LogP contribution in [-0.4, -0.2) is 11.0 Å². The van der Waals surface area contributed by atoms with Crippen LogP contribution in [0.15, 0.2) is 12.3 Å². The van der Waals surface area contributed by atoms with Crippen LogP contribution in [0.2, 0.25) is 0 Å². The third kappa shape index (κ3) is 3.15. The van der Waals surface area contributed by atoms with E-state index in [4.69, 9.17) is 0 Å². The molecule has 0 radical (unpaired) electrons. The van der Waals surface area contributed by atoms with Crippen molar-refractivity contribution in [1.82, 2.24) is 4.98 Å². The number of aromatic nitrogens is 1. The van der Waals surface area contributed by atoms with E-state index in [1.165, 1.54) is 0 Å². The molecule has 1 rings (SSSR count). The fourth-order valence-electron chi connectivity index (χ4n) is 1.44. The Kier molecular flexibility index (Phi) is 4.00. The lowest BCUT2D eigenvalue weighted by Gasteiger charge is -2.21. The third-order valence-corrected chi connectivity index (χ3v) is 2.37. The molecule has 0 bridgehead atoms. The highest BCUT2D eigenvalue weighted by Crippen LogP contribution is 2.16. The molecule has 0 aliphatic heterocycles. The first-order chi connectivity index (χ1) is 7.04. The van der Waals surface area contributed by atoms with Crippen LogP contribution in [0.4, 0.5) is 14.6 Å². The summed E-state index contributed by atoms with van der Waals surface area (Å²) in [4.78, 5) is 3.69. The van der Waals surface area contributed by atoms with Crippen molar-refractivity contribution in [2.45, 2.75) is 33.2 Å². The molecule has 0 saturated heterocycles. The second-order valence-electron chi connectivity index (χ2n) is 3.89. The SMILES string of the molecule is CCC(Nc1ncc(F)cc1F)C(C)C. The molecule has 1 aromatic heterocycles. The Labute approximate surface area is 88.7 Å². The lowest BCUT2D eigenvalue weighted by atomic mass is 10.0.